The third kappa shape index (κ3) is 3.57. The minimum absolute atomic E-state index is 0.0965. The standard InChI is InChI=1S/C22H24N2O2/c1-16-4-3-9-23-21(16)14-24-10-11-26-22(15-24)19-6-5-18-13-20(25-2)8-7-17(18)12-19/h3-9,12-13,22H,10-11,14-15H2,1-2H3. The van der Waals surface area contributed by atoms with Crippen LogP contribution in [0.1, 0.15) is 22.9 Å². The number of nitrogens with zero attached hydrogens (tertiary/aromatic N) is 2. The van der Waals surface area contributed by atoms with Crippen molar-refractivity contribution < 1.29 is 9.47 Å². The van der Waals surface area contributed by atoms with E-state index in [4.69, 9.17) is 9.47 Å². The summed E-state index contributed by atoms with van der Waals surface area (Å²) in [5, 5.41) is 2.40. The van der Waals surface area contributed by atoms with E-state index in [1.165, 1.54) is 21.9 Å². The highest BCUT2D eigenvalue weighted by molar-refractivity contribution is 5.84. The number of aromatic nitrogens is 1. The third-order valence-corrected chi connectivity index (χ3v) is 5.09. The predicted octanol–water partition coefficient (Wildman–Crippen LogP) is 4.13. The Morgan fingerprint density at radius 1 is 1.15 bits per heavy atom. The average molecular weight is 348 g/mol. The van der Waals surface area contributed by atoms with Crippen molar-refractivity contribution in [3.8, 4) is 5.75 Å². The average Bonchev–Trinajstić information content (AvgIpc) is 2.69. The molecule has 0 bridgehead atoms. The van der Waals surface area contributed by atoms with Gasteiger partial charge in [0.25, 0.3) is 0 Å². The summed E-state index contributed by atoms with van der Waals surface area (Å²) >= 11 is 0. The molecular formula is C22H24N2O2. The summed E-state index contributed by atoms with van der Waals surface area (Å²) in [4.78, 5) is 6.97. The van der Waals surface area contributed by atoms with Crippen molar-refractivity contribution in [2.75, 3.05) is 26.8 Å². The minimum atomic E-state index is 0.0965. The van der Waals surface area contributed by atoms with E-state index in [1.807, 2.05) is 18.3 Å². The van der Waals surface area contributed by atoms with Crippen molar-refractivity contribution in [2.24, 2.45) is 0 Å². The number of fused-ring (bicyclic) bond motifs is 1. The smallest absolute Gasteiger partial charge is 0.119 e. The van der Waals surface area contributed by atoms with Crippen molar-refractivity contribution in [3.05, 3.63) is 71.5 Å². The monoisotopic (exact) mass is 348 g/mol. The highest BCUT2D eigenvalue weighted by Gasteiger charge is 2.23. The van der Waals surface area contributed by atoms with Crippen molar-refractivity contribution in [1.29, 1.82) is 0 Å². The molecule has 1 fully saturated rings. The number of morpholine rings is 1. The number of pyridine rings is 1. The van der Waals surface area contributed by atoms with Crippen molar-refractivity contribution in [3.63, 3.8) is 0 Å². The summed E-state index contributed by atoms with van der Waals surface area (Å²) < 4.78 is 11.4. The summed E-state index contributed by atoms with van der Waals surface area (Å²) in [5.41, 5.74) is 3.62. The first kappa shape index (κ1) is 17.0. The molecule has 0 saturated carbocycles. The maximum absolute atomic E-state index is 6.07. The van der Waals surface area contributed by atoms with E-state index in [-0.39, 0.29) is 6.10 Å². The van der Waals surface area contributed by atoms with Crippen LogP contribution in [0, 0.1) is 6.92 Å². The zero-order chi connectivity index (χ0) is 17.9. The van der Waals surface area contributed by atoms with Gasteiger partial charge in [-0.2, -0.15) is 0 Å². The molecule has 0 radical (unpaired) electrons. The molecule has 134 valence electrons. The van der Waals surface area contributed by atoms with Gasteiger partial charge < -0.3 is 9.47 Å². The number of ether oxygens (including phenoxy) is 2. The van der Waals surface area contributed by atoms with Crippen LogP contribution in [0.15, 0.2) is 54.7 Å². The van der Waals surface area contributed by atoms with Crippen LogP contribution in [0.25, 0.3) is 10.8 Å². The lowest BCUT2D eigenvalue weighted by atomic mass is 10.0. The molecule has 26 heavy (non-hydrogen) atoms. The first-order valence-corrected chi connectivity index (χ1v) is 9.05. The van der Waals surface area contributed by atoms with Gasteiger partial charge in [-0.15, -0.1) is 0 Å². The van der Waals surface area contributed by atoms with E-state index in [2.05, 4.69) is 53.2 Å². The van der Waals surface area contributed by atoms with Crippen molar-refractivity contribution in [1.82, 2.24) is 9.88 Å². The Labute approximate surface area is 154 Å². The Kier molecular flexibility index (Phi) is 4.87. The van der Waals surface area contributed by atoms with Gasteiger partial charge in [0, 0.05) is 25.8 Å². The minimum Gasteiger partial charge on any atom is -0.497 e. The molecule has 1 unspecified atom stereocenters. The lowest BCUT2D eigenvalue weighted by Gasteiger charge is -2.33. The van der Waals surface area contributed by atoms with Gasteiger partial charge in [0.2, 0.25) is 0 Å². The molecule has 0 aliphatic carbocycles. The fourth-order valence-corrected chi connectivity index (χ4v) is 3.51. The molecule has 0 spiro atoms. The van der Waals surface area contributed by atoms with Gasteiger partial charge in [-0.3, -0.25) is 9.88 Å². The molecule has 1 aliphatic heterocycles. The second kappa shape index (κ2) is 7.44. The van der Waals surface area contributed by atoms with Gasteiger partial charge >= 0.3 is 0 Å². The van der Waals surface area contributed by atoms with Gasteiger partial charge in [0.1, 0.15) is 5.75 Å². The van der Waals surface area contributed by atoms with E-state index in [1.54, 1.807) is 7.11 Å². The number of hydrogen-bond acceptors (Lipinski definition) is 4. The first-order chi connectivity index (χ1) is 12.7. The van der Waals surface area contributed by atoms with Crippen LogP contribution in [0.5, 0.6) is 5.75 Å². The molecule has 4 nitrogen and oxygen atoms in total. The molecule has 2 heterocycles. The van der Waals surface area contributed by atoms with Crippen molar-refractivity contribution >= 4 is 10.8 Å². The Balaban J connectivity index is 1.52. The van der Waals surface area contributed by atoms with Crippen LogP contribution < -0.4 is 4.74 Å². The second-order valence-corrected chi connectivity index (χ2v) is 6.83. The first-order valence-electron chi connectivity index (χ1n) is 9.05. The molecule has 1 aliphatic rings. The van der Waals surface area contributed by atoms with E-state index in [0.717, 1.165) is 37.7 Å². The van der Waals surface area contributed by atoms with E-state index >= 15 is 0 Å². The largest absolute Gasteiger partial charge is 0.497 e. The van der Waals surface area contributed by atoms with Gasteiger partial charge in [-0.05, 0) is 53.1 Å². The fourth-order valence-electron chi connectivity index (χ4n) is 3.51. The summed E-state index contributed by atoms with van der Waals surface area (Å²) in [6.45, 7) is 5.57. The van der Waals surface area contributed by atoms with Crippen LogP contribution in [0.2, 0.25) is 0 Å². The highest BCUT2D eigenvalue weighted by atomic mass is 16.5. The zero-order valence-corrected chi connectivity index (χ0v) is 15.3. The van der Waals surface area contributed by atoms with E-state index in [9.17, 15) is 0 Å². The molecular weight excluding hydrogens is 324 g/mol. The molecule has 0 amide bonds. The number of hydrogen-bond donors (Lipinski definition) is 0. The van der Waals surface area contributed by atoms with Gasteiger partial charge in [0.15, 0.2) is 0 Å². The molecule has 2 aromatic carbocycles. The summed E-state index contributed by atoms with van der Waals surface area (Å²) in [5.74, 6) is 0.885. The number of rotatable bonds is 4. The maximum atomic E-state index is 6.07. The SMILES string of the molecule is COc1ccc2cc(C3CN(Cc4ncccc4C)CCO3)ccc2c1. The molecule has 1 saturated heterocycles. The summed E-state index contributed by atoms with van der Waals surface area (Å²) in [6.07, 6.45) is 1.97. The zero-order valence-electron chi connectivity index (χ0n) is 15.3. The molecule has 0 N–H and O–H groups in total. The van der Waals surface area contributed by atoms with Crippen LogP contribution in [0.3, 0.4) is 0 Å². The Bertz CT molecular complexity index is 910. The lowest BCUT2D eigenvalue weighted by Crippen LogP contribution is -2.38. The van der Waals surface area contributed by atoms with Crippen LogP contribution >= 0.6 is 0 Å². The van der Waals surface area contributed by atoms with Crippen LogP contribution in [0.4, 0.5) is 0 Å². The number of methoxy groups -OCH3 is 1. The lowest BCUT2D eigenvalue weighted by molar-refractivity contribution is -0.0332. The third-order valence-electron chi connectivity index (χ3n) is 5.09. The Morgan fingerprint density at radius 2 is 2.00 bits per heavy atom. The summed E-state index contributed by atoms with van der Waals surface area (Å²) in [6, 6.07) is 16.8. The molecule has 4 heteroatoms. The van der Waals surface area contributed by atoms with Crippen molar-refractivity contribution in [2.45, 2.75) is 19.6 Å². The topological polar surface area (TPSA) is 34.6 Å². The molecule has 1 atom stereocenters. The van der Waals surface area contributed by atoms with E-state index in [0.29, 0.717) is 0 Å². The normalized spacial score (nSPS) is 18.2. The van der Waals surface area contributed by atoms with Crippen LogP contribution in [-0.4, -0.2) is 36.7 Å². The molecule has 3 aromatic rings. The molecule has 4 rings (SSSR count). The second-order valence-electron chi connectivity index (χ2n) is 6.83. The Morgan fingerprint density at radius 3 is 2.85 bits per heavy atom. The highest BCUT2D eigenvalue weighted by Crippen LogP contribution is 2.28. The van der Waals surface area contributed by atoms with E-state index < -0.39 is 0 Å². The maximum Gasteiger partial charge on any atom is 0.119 e. The quantitative estimate of drug-likeness (QED) is 0.710. The van der Waals surface area contributed by atoms with Gasteiger partial charge in [0.05, 0.1) is 25.5 Å². The Hall–Kier alpha value is -2.43. The number of benzene rings is 2. The van der Waals surface area contributed by atoms with Gasteiger partial charge in [-0.1, -0.05) is 24.3 Å². The fraction of sp³-hybridized carbons (Fsp3) is 0.318. The van der Waals surface area contributed by atoms with Crippen LogP contribution in [-0.2, 0) is 11.3 Å². The van der Waals surface area contributed by atoms with Gasteiger partial charge in [-0.25, -0.2) is 0 Å². The number of aryl methyl sites for hydroxylation is 1. The molecule has 1 aromatic heterocycles. The predicted molar refractivity (Wildman–Crippen MR) is 103 cm³/mol. The summed E-state index contributed by atoms with van der Waals surface area (Å²) in [7, 11) is 1.70.